The van der Waals surface area contributed by atoms with E-state index in [-0.39, 0.29) is 48.2 Å². The van der Waals surface area contributed by atoms with Gasteiger partial charge in [0, 0.05) is 6.54 Å². The predicted molar refractivity (Wildman–Crippen MR) is 151 cm³/mol. The zero-order valence-corrected chi connectivity index (χ0v) is 24.7. The minimum Gasteiger partial charge on any atom is -0.480 e. The molecular formula is C31H47NO8. The second kappa shape index (κ2) is 17.0. The van der Waals surface area contributed by atoms with E-state index in [0.717, 1.165) is 44.9 Å². The fraction of sp³-hybridized carbons (Fsp3) is 0.677. The first-order valence-electron chi connectivity index (χ1n) is 14.8. The van der Waals surface area contributed by atoms with Crippen LogP contribution in [0.25, 0.3) is 0 Å². The molecule has 0 heterocycles. The lowest BCUT2D eigenvalue weighted by atomic mass is 9.89. The fourth-order valence-corrected chi connectivity index (χ4v) is 4.83. The summed E-state index contributed by atoms with van der Waals surface area (Å²) in [6.07, 6.45) is 7.41. The Balaban J connectivity index is 2.12. The molecule has 0 amide bonds. The van der Waals surface area contributed by atoms with Gasteiger partial charge >= 0.3 is 23.9 Å². The Hall–Kier alpha value is -2.94. The molecule has 3 unspecified atom stereocenters. The molecule has 0 radical (unpaired) electrons. The van der Waals surface area contributed by atoms with E-state index in [2.05, 4.69) is 5.32 Å². The van der Waals surface area contributed by atoms with Crippen molar-refractivity contribution < 1.29 is 38.5 Å². The van der Waals surface area contributed by atoms with Gasteiger partial charge in [-0.05, 0) is 56.7 Å². The number of benzene rings is 1. The highest BCUT2D eigenvalue weighted by Gasteiger charge is 2.26. The minimum atomic E-state index is -1.06. The van der Waals surface area contributed by atoms with Crippen LogP contribution in [0.2, 0.25) is 0 Å². The van der Waals surface area contributed by atoms with Crippen LogP contribution in [0.4, 0.5) is 0 Å². The van der Waals surface area contributed by atoms with E-state index in [9.17, 15) is 24.3 Å². The third kappa shape index (κ3) is 10.9. The Labute approximate surface area is 238 Å². The second-order valence-corrected chi connectivity index (χ2v) is 11.1. The van der Waals surface area contributed by atoms with Crippen molar-refractivity contribution in [2.45, 2.75) is 111 Å². The molecule has 1 aromatic carbocycles. The first-order chi connectivity index (χ1) is 19.0. The summed E-state index contributed by atoms with van der Waals surface area (Å²) < 4.78 is 16.8. The Bertz CT molecular complexity index is 988. The molecule has 0 bridgehead atoms. The van der Waals surface area contributed by atoms with E-state index < -0.39 is 30.1 Å². The summed E-state index contributed by atoms with van der Waals surface area (Å²) in [4.78, 5) is 49.7. The molecule has 0 aromatic heterocycles. The van der Waals surface area contributed by atoms with Gasteiger partial charge in [-0.25, -0.2) is 0 Å². The Morgan fingerprint density at radius 3 is 2.02 bits per heavy atom. The Morgan fingerprint density at radius 1 is 0.900 bits per heavy atom. The van der Waals surface area contributed by atoms with Crippen LogP contribution in [0.1, 0.15) is 98.0 Å². The molecule has 0 spiro atoms. The van der Waals surface area contributed by atoms with Gasteiger partial charge in [0.1, 0.15) is 12.1 Å². The van der Waals surface area contributed by atoms with Gasteiger partial charge < -0.3 is 24.6 Å². The molecule has 0 aliphatic heterocycles. The molecule has 1 aliphatic rings. The van der Waals surface area contributed by atoms with Crippen LogP contribution in [-0.2, 0) is 30.3 Å². The van der Waals surface area contributed by atoms with Gasteiger partial charge in [-0.2, -0.15) is 0 Å². The quantitative estimate of drug-likeness (QED) is 0.199. The van der Waals surface area contributed by atoms with Gasteiger partial charge in [-0.15, -0.1) is 0 Å². The van der Waals surface area contributed by atoms with Gasteiger partial charge in [0.05, 0.1) is 17.8 Å². The van der Waals surface area contributed by atoms with E-state index in [1.165, 1.54) is 6.07 Å². The standard InChI is InChI=1S/C31H47NO8/c1-6-11-20(3)29(35)39-26-16-15-23(18-27(26)40-30(36)21(4)12-7-2)17-25(28(33)34)32-19-22(5)38-31(37)24-13-9-8-10-14-24/h15-16,18,20-22,24-25,32H,6-14,17,19H2,1-5H3,(H,33,34)/t20?,21?,22?,25-/m0/s1. The molecule has 9 nitrogen and oxygen atoms in total. The van der Waals surface area contributed by atoms with Crippen molar-refractivity contribution >= 4 is 23.9 Å². The summed E-state index contributed by atoms with van der Waals surface area (Å²) >= 11 is 0. The molecule has 1 saturated carbocycles. The molecule has 2 N–H and O–H groups in total. The van der Waals surface area contributed by atoms with Crippen molar-refractivity contribution in [3.8, 4) is 11.5 Å². The SMILES string of the molecule is CCCC(C)C(=O)Oc1ccc(C[C@H](NCC(C)OC(=O)C2CCCCC2)C(=O)O)cc1OC(=O)C(C)CCC. The maximum atomic E-state index is 12.7. The third-order valence-corrected chi connectivity index (χ3v) is 7.32. The number of carboxylic acid groups (broad SMARTS) is 1. The summed E-state index contributed by atoms with van der Waals surface area (Å²) in [6, 6.07) is 3.76. The van der Waals surface area contributed by atoms with E-state index >= 15 is 0 Å². The highest BCUT2D eigenvalue weighted by Crippen LogP contribution is 2.31. The zero-order valence-electron chi connectivity index (χ0n) is 24.7. The number of carbonyl (C=O) groups is 4. The van der Waals surface area contributed by atoms with Crippen LogP contribution in [0.5, 0.6) is 11.5 Å². The van der Waals surface area contributed by atoms with Crippen LogP contribution in [0.3, 0.4) is 0 Å². The largest absolute Gasteiger partial charge is 0.480 e. The van der Waals surface area contributed by atoms with Gasteiger partial charge in [-0.1, -0.05) is 65.9 Å². The van der Waals surface area contributed by atoms with Gasteiger partial charge in [0.15, 0.2) is 11.5 Å². The lowest BCUT2D eigenvalue weighted by Gasteiger charge is -2.23. The lowest BCUT2D eigenvalue weighted by molar-refractivity contribution is -0.154. The van der Waals surface area contributed by atoms with E-state index in [1.807, 2.05) is 13.8 Å². The highest BCUT2D eigenvalue weighted by atomic mass is 16.6. The first-order valence-corrected chi connectivity index (χ1v) is 14.8. The molecule has 40 heavy (non-hydrogen) atoms. The molecule has 1 aromatic rings. The summed E-state index contributed by atoms with van der Waals surface area (Å²) in [6.45, 7) is 9.43. The number of ether oxygens (including phenoxy) is 3. The predicted octanol–water partition coefficient (Wildman–Crippen LogP) is 5.47. The molecule has 224 valence electrons. The number of carbonyl (C=O) groups excluding carboxylic acids is 3. The number of carboxylic acids is 1. The third-order valence-electron chi connectivity index (χ3n) is 7.32. The van der Waals surface area contributed by atoms with Gasteiger partial charge in [-0.3, -0.25) is 19.2 Å². The van der Waals surface area contributed by atoms with Crippen LogP contribution < -0.4 is 14.8 Å². The average Bonchev–Trinajstić information content (AvgIpc) is 2.92. The lowest BCUT2D eigenvalue weighted by Crippen LogP contribution is -2.43. The van der Waals surface area contributed by atoms with Crippen molar-refractivity contribution in [2.24, 2.45) is 17.8 Å². The van der Waals surface area contributed by atoms with Crippen LogP contribution >= 0.6 is 0 Å². The van der Waals surface area contributed by atoms with Crippen molar-refractivity contribution in [1.29, 1.82) is 0 Å². The molecule has 9 heteroatoms. The summed E-state index contributed by atoms with van der Waals surface area (Å²) in [5.41, 5.74) is 0.583. The van der Waals surface area contributed by atoms with Crippen molar-refractivity contribution in [3.05, 3.63) is 23.8 Å². The fourth-order valence-electron chi connectivity index (χ4n) is 4.83. The van der Waals surface area contributed by atoms with E-state index in [0.29, 0.717) is 18.4 Å². The molecule has 2 rings (SSSR count). The molecule has 1 aliphatic carbocycles. The molecule has 4 atom stereocenters. The van der Waals surface area contributed by atoms with Crippen LogP contribution in [0, 0.1) is 17.8 Å². The number of rotatable bonds is 16. The number of esters is 3. The minimum absolute atomic E-state index is 0.0775. The van der Waals surface area contributed by atoms with Crippen LogP contribution in [-0.4, -0.2) is 47.7 Å². The smallest absolute Gasteiger partial charge is 0.321 e. The van der Waals surface area contributed by atoms with Crippen molar-refractivity contribution in [3.63, 3.8) is 0 Å². The van der Waals surface area contributed by atoms with Crippen LogP contribution in [0.15, 0.2) is 18.2 Å². The molecule has 0 saturated heterocycles. The van der Waals surface area contributed by atoms with Gasteiger partial charge in [0.25, 0.3) is 0 Å². The highest BCUT2D eigenvalue weighted by molar-refractivity contribution is 5.78. The monoisotopic (exact) mass is 561 g/mol. The van der Waals surface area contributed by atoms with Crippen molar-refractivity contribution in [1.82, 2.24) is 5.32 Å². The topological polar surface area (TPSA) is 128 Å². The normalized spacial score (nSPS) is 16.8. The van der Waals surface area contributed by atoms with Gasteiger partial charge in [0.2, 0.25) is 0 Å². The summed E-state index contributed by atoms with van der Waals surface area (Å²) in [5, 5.41) is 12.8. The number of hydrogen-bond acceptors (Lipinski definition) is 8. The van der Waals surface area contributed by atoms with E-state index in [4.69, 9.17) is 14.2 Å². The summed E-state index contributed by atoms with van der Waals surface area (Å²) in [5.74, 6) is -2.68. The maximum absolute atomic E-state index is 12.7. The second-order valence-electron chi connectivity index (χ2n) is 11.1. The number of nitrogens with one attached hydrogen (secondary N) is 1. The average molecular weight is 562 g/mol. The molecule has 1 fully saturated rings. The van der Waals surface area contributed by atoms with E-state index in [1.54, 1.807) is 32.9 Å². The van der Waals surface area contributed by atoms with Crippen molar-refractivity contribution in [2.75, 3.05) is 6.54 Å². The summed E-state index contributed by atoms with van der Waals surface area (Å²) in [7, 11) is 0. The number of hydrogen-bond donors (Lipinski definition) is 2. The Kier molecular flexibility index (Phi) is 14.1. The maximum Gasteiger partial charge on any atom is 0.321 e. The first kappa shape index (κ1) is 33.3. The number of aliphatic carboxylic acids is 1. The molecular weight excluding hydrogens is 514 g/mol. The Morgan fingerprint density at radius 2 is 1.48 bits per heavy atom. The zero-order chi connectivity index (χ0) is 29.7.